The number of sulfonamides is 1. The predicted molar refractivity (Wildman–Crippen MR) is 121 cm³/mol. The number of ether oxygens (including phenoxy) is 2. The van der Waals surface area contributed by atoms with Gasteiger partial charge in [-0.3, -0.25) is 14.5 Å². The van der Waals surface area contributed by atoms with Crippen molar-refractivity contribution >= 4 is 21.7 Å². The number of rotatable bonds is 10. The second-order valence-corrected chi connectivity index (χ2v) is 8.88. The first-order chi connectivity index (χ1) is 15.8. The van der Waals surface area contributed by atoms with Gasteiger partial charge in [0.25, 0.3) is 21.8 Å². The molecule has 3 rings (SSSR count). The summed E-state index contributed by atoms with van der Waals surface area (Å²) in [5.74, 6) is -0.658. The van der Waals surface area contributed by atoms with E-state index in [0.717, 1.165) is 11.1 Å². The van der Waals surface area contributed by atoms with Gasteiger partial charge in [0.2, 0.25) is 5.82 Å². The van der Waals surface area contributed by atoms with E-state index in [9.17, 15) is 13.2 Å². The van der Waals surface area contributed by atoms with Gasteiger partial charge in [0.15, 0.2) is 5.69 Å². The number of nitrogens with one attached hydrogen (secondary N) is 1. The summed E-state index contributed by atoms with van der Waals surface area (Å²) in [6, 6.07) is 9.91. The Morgan fingerprint density at radius 2 is 1.91 bits per heavy atom. The molecule has 0 saturated heterocycles. The molecular weight excluding hydrogens is 446 g/mol. The molecule has 0 fully saturated rings. The molecule has 1 N–H and O–H groups in total. The quantitative estimate of drug-likeness (QED) is 0.478. The minimum Gasteiger partial charge on any atom is -0.470 e. The van der Waals surface area contributed by atoms with E-state index < -0.39 is 15.9 Å². The van der Waals surface area contributed by atoms with E-state index >= 15 is 0 Å². The zero-order valence-electron chi connectivity index (χ0n) is 18.6. The number of nitrogens with zero attached hydrogens (tertiary/aromatic N) is 4. The van der Waals surface area contributed by atoms with Crippen LogP contribution in [0.2, 0.25) is 0 Å². The van der Waals surface area contributed by atoms with Crippen molar-refractivity contribution in [2.75, 3.05) is 32.0 Å². The Bertz CT molecular complexity index is 1190. The maximum atomic E-state index is 12.9. The van der Waals surface area contributed by atoms with Crippen LogP contribution in [-0.4, -0.2) is 61.5 Å². The molecule has 2 heterocycles. The Morgan fingerprint density at radius 3 is 2.58 bits per heavy atom. The van der Waals surface area contributed by atoms with E-state index in [1.54, 1.807) is 43.7 Å². The summed E-state index contributed by atoms with van der Waals surface area (Å²) in [5, 5.41) is 0. The number of hydrogen-bond donors (Lipinski definition) is 1. The van der Waals surface area contributed by atoms with Crippen LogP contribution in [0, 0.1) is 6.92 Å². The van der Waals surface area contributed by atoms with E-state index in [1.807, 2.05) is 6.92 Å². The zero-order chi connectivity index (χ0) is 23.8. The lowest BCUT2D eigenvalue weighted by Crippen LogP contribution is -2.31. The van der Waals surface area contributed by atoms with Crippen molar-refractivity contribution in [1.82, 2.24) is 19.9 Å². The molecule has 1 aromatic carbocycles. The van der Waals surface area contributed by atoms with Crippen molar-refractivity contribution in [1.29, 1.82) is 0 Å². The average molecular weight is 472 g/mol. The molecular formula is C22H25N5O5S. The van der Waals surface area contributed by atoms with Crippen LogP contribution < -0.4 is 9.46 Å². The second kappa shape index (κ2) is 10.8. The SMILES string of the molecule is COCCN(C)C(=O)c1cnc(NS(=O)(=O)c2ccc(C)cc2)c(OCc2cccnc2)n1. The molecule has 0 atom stereocenters. The Morgan fingerprint density at radius 1 is 1.15 bits per heavy atom. The van der Waals surface area contributed by atoms with Gasteiger partial charge in [-0.1, -0.05) is 23.8 Å². The van der Waals surface area contributed by atoms with Gasteiger partial charge in [-0.05, 0) is 25.1 Å². The third-order valence-corrected chi connectivity index (χ3v) is 5.95. The van der Waals surface area contributed by atoms with Gasteiger partial charge in [-0.15, -0.1) is 0 Å². The number of aromatic nitrogens is 3. The van der Waals surface area contributed by atoms with Gasteiger partial charge in [0, 0.05) is 38.7 Å². The summed E-state index contributed by atoms with van der Waals surface area (Å²) in [7, 11) is -0.810. The molecule has 0 aliphatic heterocycles. The highest BCUT2D eigenvalue weighted by molar-refractivity contribution is 7.92. The number of carbonyl (C=O) groups excluding carboxylic acids is 1. The first-order valence-corrected chi connectivity index (χ1v) is 11.5. The summed E-state index contributed by atoms with van der Waals surface area (Å²) >= 11 is 0. The van der Waals surface area contributed by atoms with E-state index in [-0.39, 0.29) is 28.9 Å². The molecule has 0 radical (unpaired) electrons. The number of likely N-dealkylation sites (N-methyl/N-ethyl adjacent to an activating group) is 1. The van der Waals surface area contributed by atoms with Crippen LogP contribution in [0.3, 0.4) is 0 Å². The largest absolute Gasteiger partial charge is 0.470 e. The molecule has 174 valence electrons. The van der Waals surface area contributed by atoms with Gasteiger partial charge < -0.3 is 14.4 Å². The van der Waals surface area contributed by atoms with Gasteiger partial charge in [-0.25, -0.2) is 18.4 Å². The second-order valence-electron chi connectivity index (χ2n) is 7.20. The fourth-order valence-electron chi connectivity index (χ4n) is 2.71. The van der Waals surface area contributed by atoms with Crippen molar-refractivity contribution in [2.24, 2.45) is 0 Å². The summed E-state index contributed by atoms with van der Waals surface area (Å²) in [5.41, 5.74) is 1.67. The lowest BCUT2D eigenvalue weighted by molar-refractivity contribution is 0.0737. The van der Waals surface area contributed by atoms with Crippen LogP contribution in [0.25, 0.3) is 0 Å². The van der Waals surface area contributed by atoms with Crippen molar-refractivity contribution in [3.63, 3.8) is 0 Å². The summed E-state index contributed by atoms with van der Waals surface area (Å²) in [6.07, 6.45) is 4.44. The first-order valence-electron chi connectivity index (χ1n) is 10.0. The Hall–Kier alpha value is -3.57. The van der Waals surface area contributed by atoms with E-state index in [4.69, 9.17) is 9.47 Å². The van der Waals surface area contributed by atoms with Gasteiger partial charge in [-0.2, -0.15) is 0 Å². The molecule has 0 spiro atoms. The van der Waals surface area contributed by atoms with E-state index in [1.165, 1.54) is 30.3 Å². The van der Waals surface area contributed by atoms with Crippen molar-refractivity contribution in [3.05, 3.63) is 71.8 Å². The van der Waals surface area contributed by atoms with Crippen molar-refractivity contribution < 1.29 is 22.7 Å². The third-order valence-electron chi connectivity index (χ3n) is 4.60. The van der Waals surface area contributed by atoms with Gasteiger partial charge in [0.05, 0.1) is 17.7 Å². The fraction of sp³-hybridized carbons (Fsp3) is 0.273. The lowest BCUT2D eigenvalue weighted by atomic mass is 10.2. The van der Waals surface area contributed by atoms with Crippen LogP contribution in [0.15, 0.2) is 59.9 Å². The maximum absolute atomic E-state index is 12.9. The van der Waals surface area contributed by atoms with Crippen LogP contribution >= 0.6 is 0 Å². The Kier molecular flexibility index (Phi) is 7.91. The van der Waals surface area contributed by atoms with Crippen LogP contribution in [0.1, 0.15) is 21.6 Å². The Balaban J connectivity index is 1.90. The number of benzene rings is 1. The van der Waals surface area contributed by atoms with Crippen molar-refractivity contribution in [3.8, 4) is 5.88 Å². The summed E-state index contributed by atoms with van der Waals surface area (Å²) in [6.45, 7) is 2.62. The number of methoxy groups -OCH3 is 1. The van der Waals surface area contributed by atoms with Crippen molar-refractivity contribution in [2.45, 2.75) is 18.4 Å². The molecule has 0 saturated carbocycles. The first kappa shape index (κ1) is 24.1. The number of carbonyl (C=O) groups is 1. The zero-order valence-corrected chi connectivity index (χ0v) is 19.4. The molecule has 0 unspecified atom stereocenters. The highest BCUT2D eigenvalue weighted by Gasteiger charge is 2.22. The number of amides is 1. The average Bonchev–Trinajstić information content (AvgIpc) is 2.82. The molecule has 2 aromatic heterocycles. The van der Waals surface area contributed by atoms with E-state index in [0.29, 0.717) is 13.2 Å². The topological polar surface area (TPSA) is 124 Å². The van der Waals surface area contributed by atoms with Gasteiger partial charge >= 0.3 is 0 Å². The smallest absolute Gasteiger partial charge is 0.274 e. The fourth-order valence-corrected chi connectivity index (χ4v) is 3.72. The summed E-state index contributed by atoms with van der Waals surface area (Å²) < 4.78 is 38.8. The van der Waals surface area contributed by atoms with Crippen LogP contribution in [0.4, 0.5) is 5.82 Å². The summed E-state index contributed by atoms with van der Waals surface area (Å²) in [4.78, 5) is 26.6. The molecule has 10 nitrogen and oxygen atoms in total. The molecule has 11 heteroatoms. The highest BCUT2D eigenvalue weighted by atomic mass is 32.2. The maximum Gasteiger partial charge on any atom is 0.274 e. The van der Waals surface area contributed by atoms with Crippen LogP contribution in [0.5, 0.6) is 5.88 Å². The predicted octanol–water partition coefficient (Wildman–Crippen LogP) is 2.28. The normalized spacial score (nSPS) is 11.1. The van der Waals surface area contributed by atoms with E-state index in [2.05, 4.69) is 19.7 Å². The monoisotopic (exact) mass is 471 g/mol. The molecule has 33 heavy (non-hydrogen) atoms. The minimum absolute atomic E-state index is 0.00748. The minimum atomic E-state index is -3.95. The molecule has 3 aromatic rings. The molecule has 1 amide bonds. The number of anilines is 1. The third kappa shape index (κ3) is 6.46. The molecule has 0 bridgehead atoms. The highest BCUT2D eigenvalue weighted by Crippen LogP contribution is 2.24. The standard InChI is InChI=1S/C22H25N5O5S/c1-16-6-8-18(9-7-16)33(29,30)26-20-21(32-15-17-5-4-10-23-13-17)25-19(14-24-20)22(28)27(2)11-12-31-3/h4-10,13-14H,11-12,15H2,1-3H3,(H,24,26). The number of hydrogen-bond acceptors (Lipinski definition) is 8. The molecule has 0 aliphatic carbocycles. The molecule has 0 aliphatic rings. The van der Waals surface area contributed by atoms with Crippen LogP contribution in [-0.2, 0) is 21.4 Å². The van der Waals surface area contributed by atoms with Gasteiger partial charge in [0.1, 0.15) is 6.61 Å². The Labute approximate surface area is 192 Å². The number of pyridine rings is 1. The number of aryl methyl sites for hydroxylation is 1. The lowest BCUT2D eigenvalue weighted by Gasteiger charge is -2.17.